The van der Waals surface area contributed by atoms with Gasteiger partial charge in [0.15, 0.2) is 0 Å². The summed E-state index contributed by atoms with van der Waals surface area (Å²) >= 11 is 0. The second-order valence-electron chi connectivity index (χ2n) is 14.4. The average Bonchev–Trinajstić information content (AvgIpc) is 3.24. The Kier molecular flexibility index (Phi) is 10.2. The number of ether oxygens (including phenoxy) is 2. The molecule has 8 rings (SSSR count). The molecule has 0 atom stereocenters. The molecule has 2 N–H and O–H groups in total. The fraction of sp³-hybridized carbons (Fsp3) is 0.137. The van der Waals surface area contributed by atoms with Crippen LogP contribution in [-0.2, 0) is 5.41 Å². The van der Waals surface area contributed by atoms with E-state index in [0.717, 1.165) is 56.0 Å². The third-order valence-electron chi connectivity index (χ3n) is 10.7. The Labute approximate surface area is 322 Å². The Hall–Kier alpha value is -6.20. The number of rotatable bonds is 12. The summed E-state index contributed by atoms with van der Waals surface area (Å²) in [5.41, 5.74) is 10.5. The van der Waals surface area contributed by atoms with Crippen LogP contribution in [0.4, 0.5) is 0 Å². The molecule has 0 aromatic heterocycles. The minimum atomic E-state index is -0.402. The van der Waals surface area contributed by atoms with E-state index in [4.69, 9.17) is 9.47 Å². The van der Waals surface area contributed by atoms with E-state index in [9.17, 15) is 10.2 Å². The van der Waals surface area contributed by atoms with Gasteiger partial charge < -0.3 is 19.7 Å². The summed E-state index contributed by atoms with van der Waals surface area (Å²) in [6.45, 7) is 4.76. The lowest BCUT2D eigenvalue weighted by atomic mass is 9.76. The van der Waals surface area contributed by atoms with Gasteiger partial charge >= 0.3 is 0 Å². The number of benzene rings is 8. The van der Waals surface area contributed by atoms with Gasteiger partial charge in [-0.2, -0.15) is 0 Å². The zero-order chi connectivity index (χ0) is 37.8. The van der Waals surface area contributed by atoms with Gasteiger partial charge in [-0.1, -0.05) is 159 Å². The van der Waals surface area contributed by atoms with Gasteiger partial charge in [-0.25, -0.2) is 0 Å². The summed E-state index contributed by atoms with van der Waals surface area (Å²) < 4.78 is 12.2. The molecule has 0 aliphatic rings. The lowest BCUT2D eigenvalue weighted by Crippen LogP contribution is -2.19. The van der Waals surface area contributed by atoms with Gasteiger partial charge in [0, 0.05) is 16.5 Å². The van der Waals surface area contributed by atoms with Gasteiger partial charge in [-0.3, -0.25) is 0 Å². The van der Waals surface area contributed by atoms with Crippen molar-refractivity contribution in [1.82, 2.24) is 0 Å². The van der Waals surface area contributed by atoms with Crippen LogP contribution in [0.15, 0.2) is 170 Å². The van der Waals surface area contributed by atoms with Crippen molar-refractivity contribution in [2.24, 2.45) is 0 Å². The highest BCUT2D eigenvalue weighted by atomic mass is 16.5. The molecule has 0 heterocycles. The maximum atomic E-state index is 9.63. The van der Waals surface area contributed by atoms with E-state index in [1.54, 1.807) is 0 Å². The molecule has 8 aromatic carbocycles. The van der Waals surface area contributed by atoms with Crippen LogP contribution in [0.3, 0.4) is 0 Å². The third-order valence-corrected chi connectivity index (χ3v) is 10.7. The van der Waals surface area contributed by atoms with Crippen LogP contribution < -0.4 is 9.47 Å². The highest BCUT2D eigenvalue weighted by Gasteiger charge is 2.26. The van der Waals surface area contributed by atoms with Crippen LogP contribution in [0.2, 0.25) is 0 Å². The van der Waals surface area contributed by atoms with Crippen molar-refractivity contribution in [1.29, 1.82) is 0 Å². The fourth-order valence-electron chi connectivity index (χ4n) is 7.63. The number of aliphatic hydroxyl groups excluding tert-OH is 2. The van der Waals surface area contributed by atoms with Crippen LogP contribution in [0.5, 0.6) is 11.5 Å². The van der Waals surface area contributed by atoms with Crippen LogP contribution in [0, 0.1) is 0 Å². The molecule has 0 bridgehead atoms. The van der Waals surface area contributed by atoms with Crippen LogP contribution in [-0.4, -0.2) is 36.6 Å². The molecule has 0 spiro atoms. The summed E-state index contributed by atoms with van der Waals surface area (Å²) in [7, 11) is 0. The molecule has 272 valence electrons. The molecule has 0 unspecified atom stereocenters. The predicted molar refractivity (Wildman–Crippen MR) is 227 cm³/mol. The molecule has 4 heteroatoms. The Bertz CT molecular complexity index is 2400. The first-order valence-corrected chi connectivity index (χ1v) is 18.9. The van der Waals surface area contributed by atoms with Crippen LogP contribution in [0.25, 0.3) is 66.1 Å². The van der Waals surface area contributed by atoms with Gasteiger partial charge in [-0.05, 0) is 90.3 Å². The minimum Gasteiger partial charge on any atom is -0.491 e. The normalized spacial score (nSPS) is 11.6. The molecule has 0 amide bonds. The van der Waals surface area contributed by atoms with Gasteiger partial charge in [0.25, 0.3) is 0 Å². The zero-order valence-electron chi connectivity index (χ0n) is 31.2. The Morgan fingerprint density at radius 3 is 1.16 bits per heavy atom. The van der Waals surface area contributed by atoms with Crippen molar-refractivity contribution in [2.45, 2.75) is 19.3 Å². The maximum Gasteiger partial charge on any atom is 0.127 e. The topological polar surface area (TPSA) is 58.9 Å². The SMILES string of the molecule is CC(C)(c1ccc(OCCO)c(-c2ccc(-c3cccc4ccccc34)cc2)c1)c1ccc(OCCO)c(-c2ccc(-c3cccc4ccccc34)cc2)c1. The Morgan fingerprint density at radius 1 is 0.400 bits per heavy atom. The van der Waals surface area contributed by atoms with E-state index in [-0.39, 0.29) is 26.4 Å². The molecule has 0 aliphatic carbocycles. The number of aliphatic hydroxyl groups is 2. The van der Waals surface area contributed by atoms with Gasteiger partial charge in [0.1, 0.15) is 24.7 Å². The molecule has 0 saturated carbocycles. The fourth-order valence-corrected chi connectivity index (χ4v) is 7.63. The lowest BCUT2D eigenvalue weighted by Gasteiger charge is -2.28. The van der Waals surface area contributed by atoms with E-state index in [1.807, 2.05) is 12.1 Å². The molecule has 0 fully saturated rings. The molecule has 55 heavy (non-hydrogen) atoms. The van der Waals surface area contributed by atoms with E-state index in [0.29, 0.717) is 0 Å². The first kappa shape index (κ1) is 35.8. The zero-order valence-corrected chi connectivity index (χ0v) is 31.2. The van der Waals surface area contributed by atoms with Crippen molar-refractivity contribution in [3.8, 4) is 56.0 Å². The van der Waals surface area contributed by atoms with E-state index >= 15 is 0 Å². The van der Waals surface area contributed by atoms with Crippen molar-refractivity contribution >= 4 is 21.5 Å². The van der Waals surface area contributed by atoms with Crippen LogP contribution in [0.1, 0.15) is 25.0 Å². The van der Waals surface area contributed by atoms with Crippen molar-refractivity contribution in [3.05, 3.63) is 181 Å². The van der Waals surface area contributed by atoms with Crippen molar-refractivity contribution in [3.63, 3.8) is 0 Å². The molecule has 8 aromatic rings. The molecular formula is C51H44O4. The second kappa shape index (κ2) is 15.6. The van der Waals surface area contributed by atoms with E-state index in [2.05, 4.69) is 172 Å². The molecule has 0 aliphatic heterocycles. The summed E-state index contributed by atoms with van der Waals surface area (Å²) in [5, 5.41) is 24.1. The summed E-state index contributed by atoms with van der Waals surface area (Å²) in [5.74, 6) is 1.46. The molecule has 0 saturated heterocycles. The molecule has 4 nitrogen and oxygen atoms in total. The summed E-state index contributed by atoms with van der Waals surface area (Å²) in [6, 6.07) is 59.8. The van der Waals surface area contributed by atoms with Gasteiger partial charge in [-0.15, -0.1) is 0 Å². The predicted octanol–water partition coefficient (Wildman–Crippen LogP) is 11.7. The van der Waals surface area contributed by atoms with E-state index < -0.39 is 5.41 Å². The van der Waals surface area contributed by atoms with Gasteiger partial charge in [0.05, 0.1) is 13.2 Å². The minimum absolute atomic E-state index is 0.0664. The smallest absolute Gasteiger partial charge is 0.127 e. The largest absolute Gasteiger partial charge is 0.491 e. The average molecular weight is 721 g/mol. The Balaban J connectivity index is 1.15. The molecule has 0 radical (unpaired) electrons. The number of fused-ring (bicyclic) bond motifs is 2. The Morgan fingerprint density at radius 2 is 0.764 bits per heavy atom. The van der Waals surface area contributed by atoms with Crippen LogP contribution >= 0.6 is 0 Å². The third kappa shape index (κ3) is 7.23. The first-order chi connectivity index (χ1) is 26.9. The lowest BCUT2D eigenvalue weighted by molar-refractivity contribution is 0.202. The standard InChI is InChI=1S/C51H44O4/c1-51(2,41-25-27-49(54-31-29-52)47(33-41)39-21-17-37(18-22-39)45-15-7-11-35-9-3-5-13-43(35)45)42-26-28-50(55-32-30-53)48(34-42)40-23-19-38(20-24-40)46-16-8-12-36-10-4-6-14-44(36)46/h3-28,33-34,52-53H,29-32H2,1-2H3. The highest BCUT2D eigenvalue weighted by Crippen LogP contribution is 2.42. The second-order valence-corrected chi connectivity index (χ2v) is 14.4. The number of hydrogen-bond donors (Lipinski definition) is 2. The monoisotopic (exact) mass is 720 g/mol. The first-order valence-electron chi connectivity index (χ1n) is 18.9. The number of hydrogen-bond acceptors (Lipinski definition) is 4. The van der Waals surface area contributed by atoms with Crippen molar-refractivity contribution < 1.29 is 19.7 Å². The quantitative estimate of drug-likeness (QED) is 0.132. The summed E-state index contributed by atoms with van der Waals surface area (Å²) in [6.07, 6.45) is 0. The molecular weight excluding hydrogens is 677 g/mol. The highest BCUT2D eigenvalue weighted by molar-refractivity contribution is 5.98. The summed E-state index contributed by atoms with van der Waals surface area (Å²) in [4.78, 5) is 0. The van der Waals surface area contributed by atoms with Gasteiger partial charge in [0.2, 0.25) is 0 Å². The van der Waals surface area contributed by atoms with Crippen molar-refractivity contribution in [2.75, 3.05) is 26.4 Å². The van der Waals surface area contributed by atoms with E-state index in [1.165, 1.54) is 32.7 Å². The maximum absolute atomic E-state index is 9.63.